The predicted molar refractivity (Wildman–Crippen MR) is 83.0 cm³/mol. The molecular weight excluding hydrogens is 306 g/mol. The third-order valence-corrected chi connectivity index (χ3v) is 4.24. The summed E-state index contributed by atoms with van der Waals surface area (Å²) in [5, 5.41) is 15.6. The Morgan fingerprint density at radius 3 is 2.82 bits per heavy atom. The highest BCUT2D eigenvalue weighted by Gasteiger charge is 2.19. The molecule has 0 aliphatic heterocycles. The second-order valence-electron chi connectivity index (χ2n) is 4.84. The molecule has 1 atom stereocenters. The van der Waals surface area contributed by atoms with Crippen LogP contribution in [-0.2, 0) is 11.3 Å². The molecule has 0 spiro atoms. The van der Waals surface area contributed by atoms with E-state index in [0.29, 0.717) is 0 Å². The van der Waals surface area contributed by atoms with Crippen molar-refractivity contribution in [3.63, 3.8) is 0 Å². The highest BCUT2D eigenvalue weighted by atomic mass is 32.1. The minimum Gasteiger partial charge on any atom is -0.347 e. The maximum atomic E-state index is 12.0. The summed E-state index contributed by atoms with van der Waals surface area (Å²) in [6, 6.07) is 5.06. The molecule has 0 saturated carbocycles. The molecule has 0 aromatic carbocycles. The van der Waals surface area contributed by atoms with Gasteiger partial charge in [0.25, 0.3) is 0 Å². The molecule has 0 saturated heterocycles. The van der Waals surface area contributed by atoms with Gasteiger partial charge in [0.05, 0.1) is 11.0 Å². The summed E-state index contributed by atoms with van der Waals surface area (Å²) < 4.78 is 1.04. The number of aryl methyl sites for hydroxylation is 1. The van der Waals surface area contributed by atoms with Crippen LogP contribution in [0.15, 0.2) is 34.6 Å². The Kier molecular flexibility index (Phi) is 4.71. The third kappa shape index (κ3) is 3.40. The van der Waals surface area contributed by atoms with Crippen LogP contribution < -0.4 is 10.9 Å². The Labute approximate surface area is 130 Å². The molecule has 2 heterocycles. The highest BCUT2D eigenvalue weighted by Crippen LogP contribution is 2.18. The first-order chi connectivity index (χ1) is 10.4. The fraction of sp³-hybridized carbons (Fsp3) is 0.286. The van der Waals surface area contributed by atoms with Crippen LogP contribution in [0.4, 0.5) is 5.69 Å². The SMILES string of the molecule is Cc1ccn(CC(=O)N[C@H](C)c2cccs2)c(=O)c1[N+](=O)[O-]. The highest BCUT2D eigenvalue weighted by molar-refractivity contribution is 7.10. The summed E-state index contributed by atoms with van der Waals surface area (Å²) in [5.41, 5.74) is -0.996. The smallest absolute Gasteiger partial charge is 0.336 e. The number of amides is 1. The Hall–Kier alpha value is -2.48. The van der Waals surface area contributed by atoms with Gasteiger partial charge in [-0.1, -0.05) is 6.07 Å². The number of nitrogens with one attached hydrogen (secondary N) is 1. The Balaban J connectivity index is 2.14. The van der Waals surface area contributed by atoms with Crippen LogP contribution in [0.2, 0.25) is 0 Å². The zero-order valence-corrected chi connectivity index (χ0v) is 12.9. The molecular formula is C14H15N3O4S. The molecule has 0 bridgehead atoms. The summed E-state index contributed by atoms with van der Waals surface area (Å²) in [6.45, 7) is 3.07. The maximum absolute atomic E-state index is 12.0. The second kappa shape index (κ2) is 6.52. The first-order valence-corrected chi connectivity index (χ1v) is 7.45. The average molecular weight is 321 g/mol. The molecule has 7 nitrogen and oxygen atoms in total. The number of carbonyl (C=O) groups excluding carboxylic acids is 1. The third-order valence-electron chi connectivity index (χ3n) is 3.19. The van der Waals surface area contributed by atoms with Crippen LogP contribution in [0.25, 0.3) is 0 Å². The molecule has 2 aromatic rings. The minimum absolute atomic E-state index is 0.177. The molecule has 0 aliphatic carbocycles. The van der Waals surface area contributed by atoms with Gasteiger partial charge < -0.3 is 9.88 Å². The maximum Gasteiger partial charge on any atom is 0.336 e. The first-order valence-electron chi connectivity index (χ1n) is 6.57. The van der Waals surface area contributed by atoms with Gasteiger partial charge in [-0.3, -0.25) is 19.7 Å². The molecule has 8 heteroatoms. The Morgan fingerprint density at radius 1 is 1.50 bits per heavy atom. The van der Waals surface area contributed by atoms with Crippen molar-refractivity contribution in [1.82, 2.24) is 9.88 Å². The van der Waals surface area contributed by atoms with E-state index in [4.69, 9.17) is 0 Å². The van der Waals surface area contributed by atoms with Crippen LogP contribution in [0, 0.1) is 17.0 Å². The van der Waals surface area contributed by atoms with Gasteiger partial charge in [0.1, 0.15) is 6.54 Å². The van der Waals surface area contributed by atoms with E-state index in [1.54, 1.807) is 0 Å². The van der Waals surface area contributed by atoms with Crippen molar-refractivity contribution in [2.75, 3.05) is 0 Å². The molecule has 1 N–H and O–H groups in total. The zero-order chi connectivity index (χ0) is 16.3. The van der Waals surface area contributed by atoms with Gasteiger partial charge in [0.2, 0.25) is 5.91 Å². The predicted octanol–water partition coefficient (Wildman–Crippen LogP) is 2.00. The summed E-state index contributed by atoms with van der Waals surface area (Å²) >= 11 is 1.52. The lowest BCUT2D eigenvalue weighted by atomic mass is 10.2. The van der Waals surface area contributed by atoms with Crippen molar-refractivity contribution in [3.8, 4) is 0 Å². The van der Waals surface area contributed by atoms with Gasteiger partial charge >= 0.3 is 11.2 Å². The van der Waals surface area contributed by atoms with E-state index in [0.717, 1.165) is 9.44 Å². The number of pyridine rings is 1. The summed E-state index contributed by atoms with van der Waals surface area (Å²) in [5.74, 6) is -0.374. The lowest BCUT2D eigenvalue weighted by Crippen LogP contribution is -2.34. The lowest BCUT2D eigenvalue weighted by molar-refractivity contribution is -0.387. The molecule has 0 radical (unpaired) electrons. The van der Waals surface area contributed by atoms with E-state index in [2.05, 4.69) is 5.32 Å². The van der Waals surface area contributed by atoms with E-state index in [1.165, 1.54) is 30.5 Å². The molecule has 0 fully saturated rings. The fourth-order valence-electron chi connectivity index (χ4n) is 2.05. The van der Waals surface area contributed by atoms with E-state index in [9.17, 15) is 19.7 Å². The molecule has 22 heavy (non-hydrogen) atoms. The number of thiophene rings is 1. The van der Waals surface area contributed by atoms with Crippen molar-refractivity contribution >= 4 is 22.9 Å². The second-order valence-corrected chi connectivity index (χ2v) is 5.82. The molecule has 0 unspecified atom stereocenters. The minimum atomic E-state index is -0.774. The number of hydrogen-bond donors (Lipinski definition) is 1. The van der Waals surface area contributed by atoms with Crippen LogP contribution in [0.3, 0.4) is 0 Å². The number of aromatic nitrogens is 1. The van der Waals surface area contributed by atoms with E-state index < -0.39 is 16.2 Å². The van der Waals surface area contributed by atoms with Gasteiger partial charge in [-0.15, -0.1) is 11.3 Å². The number of nitro groups is 1. The van der Waals surface area contributed by atoms with E-state index in [1.807, 2.05) is 24.4 Å². The van der Waals surface area contributed by atoms with Crippen molar-refractivity contribution in [1.29, 1.82) is 0 Å². The monoisotopic (exact) mass is 321 g/mol. The van der Waals surface area contributed by atoms with Crippen molar-refractivity contribution < 1.29 is 9.72 Å². The van der Waals surface area contributed by atoms with Crippen LogP contribution >= 0.6 is 11.3 Å². The zero-order valence-electron chi connectivity index (χ0n) is 12.1. The first kappa shape index (κ1) is 15.9. The quantitative estimate of drug-likeness (QED) is 0.673. The summed E-state index contributed by atoms with van der Waals surface area (Å²) in [6.07, 6.45) is 1.39. The fourth-order valence-corrected chi connectivity index (χ4v) is 2.78. The van der Waals surface area contributed by atoms with Crippen LogP contribution in [0.5, 0.6) is 0 Å². The topological polar surface area (TPSA) is 94.2 Å². The standard InChI is InChI=1S/C14H15N3O4S/c1-9-5-6-16(14(19)13(9)17(20)21)8-12(18)15-10(2)11-4-3-7-22-11/h3-7,10H,8H2,1-2H3,(H,15,18)/t10-/m1/s1. The molecule has 116 valence electrons. The van der Waals surface area contributed by atoms with Gasteiger partial charge in [-0.05, 0) is 31.4 Å². The normalized spacial score (nSPS) is 11.9. The Bertz CT molecular complexity index is 752. The van der Waals surface area contributed by atoms with Gasteiger partial charge in [-0.2, -0.15) is 0 Å². The van der Waals surface area contributed by atoms with E-state index >= 15 is 0 Å². The average Bonchev–Trinajstić information content (AvgIpc) is 2.96. The van der Waals surface area contributed by atoms with Crippen molar-refractivity contribution in [3.05, 3.63) is 60.7 Å². The number of nitrogens with zero attached hydrogens (tertiary/aromatic N) is 2. The summed E-state index contributed by atoms with van der Waals surface area (Å²) in [4.78, 5) is 35.2. The van der Waals surface area contributed by atoms with E-state index in [-0.39, 0.29) is 24.1 Å². The van der Waals surface area contributed by atoms with Crippen molar-refractivity contribution in [2.45, 2.75) is 26.4 Å². The lowest BCUT2D eigenvalue weighted by Gasteiger charge is -2.13. The van der Waals surface area contributed by atoms with Crippen LogP contribution in [0.1, 0.15) is 23.4 Å². The molecule has 2 aromatic heterocycles. The number of rotatable bonds is 5. The van der Waals surface area contributed by atoms with Gasteiger partial charge in [-0.25, -0.2) is 0 Å². The van der Waals surface area contributed by atoms with Gasteiger partial charge in [0, 0.05) is 16.6 Å². The number of carbonyl (C=O) groups is 1. The molecule has 2 rings (SSSR count). The largest absolute Gasteiger partial charge is 0.347 e. The molecule has 0 aliphatic rings. The van der Waals surface area contributed by atoms with Crippen molar-refractivity contribution in [2.24, 2.45) is 0 Å². The van der Waals surface area contributed by atoms with Crippen LogP contribution in [-0.4, -0.2) is 15.4 Å². The Morgan fingerprint density at radius 2 is 2.23 bits per heavy atom. The molecule has 1 amide bonds. The number of hydrogen-bond acceptors (Lipinski definition) is 5. The summed E-state index contributed by atoms with van der Waals surface area (Å²) in [7, 11) is 0. The van der Waals surface area contributed by atoms with Gasteiger partial charge in [0.15, 0.2) is 0 Å².